The Morgan fingerprint density at radius 1 is 0.980 bits per heavy atom. The van der Waals surface area contributed by atoms with E-state index in [-0.39, 0.29) is 48.1 Å². The molecule has 0 saturated carbocycles. The van der Waals surface area contributed by atoms with Gasteiger partial charge in [-0.2, -0.15) is 4.31 Å². The second-order valence-electron chi connectivity index (χ2n) is 12.3. The molecule has 12 nitrogen and oxygen atoms in total. The molecular weight excluding hydrogens is 657 g/mol. The van der Waals surface area contributed by atoms with Crippen LogP contribution in [0.3, 0.4) is 0 Å². The zero-order valence-corrected chi connectivity index (χ0v) is 29.5. The molecule has 0 spiro atoms. The summed E-state index contributed by atoms with van der Waals surface area (Å²) in [6, 6.07) is 24.7. The van der Waals surface area contributed by atoms with Crippen molar-refractivity contribution in [2.24, 2.45) is 0 Å². The first-order chi connectivity index (χ1) is 24.2. The summed E-state index contributed by atoms with van der Waals surface area (Å²) in [5.41, 5.74) is 2.16. The van der Waals surface area contributed by atoms with Crippen molar-refractivity contribution in [3.8, 4) is 5.75 Å². The highest BCUT2D eigenvalue weighted by molar-refractivity contribution is 7.89. The van der Waals surface area contributed by atoms with E-state index in [0.29, 0.717) is 75.5 Å². The highest BCUT2D eigenvalue weighted by Gasteiger charge is 2.36. The van der Waals surface area contributed by atoms with Crippen molar-refractivity contribution in [2.75, 3.05) is 59.5 Å². The van der Waals surface area contributed by atoms with Gasteiger partial charge in [0.15, 0.2) is 6.61 Å². The summed E-state index contributed by atoms with van der Waals surface area (Å²) < 4.78 is 34.6. The van der Waals surface area contributed by atoms with Crippen LogP contribution >= 0.6 is 0 Å². The average Bonchev–Trinajstić information content (AvgIpc) is 3.16. The van der Waals surface area contributed by atoms with Crippen molar-refractivity contribution in [2.45, 2.75) is 37.2 Å². The molecule has 2 fully saturated rings. The third kappa shape index (κ3) is 8.89. The fraction of sp³-hybridized carbons (Fsp3) is 0.378. The number of likely N-dealkylation sites (N-methyl/N-ethyl adjacent to an activating group) is 2. The maximum atomic E-state index is 14.6. The number of carbonyl (C=O) groups is 3. The molecule has 0 bridgehead atoms. The molecular formula is C37H46N6O6S. The Morgan fingerprint density at radius 2 is 1.68 bits per heavy atom. The van der Waals surface area contributed by atoms with Crippen molar-refractivity contribution in [3.63, 3.8) is 0 Å². The number of ether oxygens (including phenoxy) is 1. The molecule has 13 heteroatoms. The van der Waals surface area contributed by atoms with Crippen molar-refractivity contribution in [1.29, 1.82) is 0 Å². The van der Waals surface area contributed by atoms with E-state index in [4.69, 9.17) is 4.74 Å². The van der Waals surface area contributed by atoms with E-state index >= 15 is 0 Å². The number of sulfonamides is 1. The molecule has 2 N–H and O–H groups in total. The third-order valence-electron chi connectivity index (χ3n) is 8.93. The second kappa shape index (κ2) is 17.3. The topological polar surface area (TPSA) is 132 Å². The molecule has 3 amide bonds. The molecule has 0 aliphatic carbocycles. The van der Waals surface area contributed by atoms with Crippen LogP contribution in [0.25, 0.3) is 5.70 Å². The third-order valence-corrected chi connectivity index (χ3v) is 10.8. The van der Waals surface area contributed by atoms with Gasteiger partial charge in [0, 0.05) is 64.5 Å². The van der Waals surface area contributed by atoms with Crippen LogP contribution in [-0.4, -0.2) is 111 Å². The molecule has 3 aromatic carbocycles. The van der Waals surface area contributed by atoms with Crippen LogP contribution in [0.1, 0.15) is 30.9 Å². The van der Waals surface area contributed by atoms with Gasteiger partial charge in [0.25, 0.3) is 11.8 Å². The lowest BCUT2D eigenvalue weighted by atomic mass is 10.0. The van der Waals surface area contributed by atoms with E-state index in [2.05, 4.69) is 10.6 Å². The number of nitrogens with zero attached hydrogens (tertiary/aromatic N) is 4. The summed E-state index contributed by atoms with van der Waals surface area (Å²) in [7, 11) is -1.88. The zero-order valence-electron chi connectivity index (χ0n) is 28.7. The summed E-state index contributed by atoms with van der Waals surface area (Å²) in [4.78, 5) is 45.1. The first-order valence-electron chi connectivity index (χ1n) is 17.0. The molecule has 2 saturated heterocycles. The summed E-state index contributed by atoms with van der Waals surface area (Å²) in [5, 5.41) is 5.99. The maximum Gasteiger partial charge on any atom is 0.272 e. The Bertz CT molecular complexity index is 1750. The van der Waals surface area contributed by atoms with Gasteiger partial charge in [-0.15, -0.1) is 0 Å². The monoisotopic (exact) mass is 702 g/mol. The number of hydrogen-bond acceptors (Lipinski definition) is 8. The van der Waals surface area contributed by atoms with Crippen LogP contribution in [-0.2, 0) is 31.0 Å². The molecule has 266 valence electrons. The molecule has 5 rings (SSSR count). The highest BCUT2D eigenvalue weighted by atomic mass is 32.2. The van der Waals surface area contributed by atoms with Gasteiger partial charge in [0.05, 0.1) is 17.1 Å². The van der Waals surface area contributed by atoms with Gasteiger partial charge in [-0.25, -0.2) is 8.42 Å². The molecule has 2 aliphatic heterocycles. The average molecular weight is 703 g/mol. The normalized spacial score (nSPS) is 17.3. The molecule has 1 atom stereocenters. The Labute approximate surface area is 294 Å². The minimum atomic E-state index is -3.75. The van der Waals surface area contributed by atoms with Gasteiger partial charge in [-0.1, -0.05) is 60.7 Å². The lowest BCUT2D eigenvalue weighted by Gasteiger charge is -2.41. The Morgan fingerprint density at radius 3 is 2.36 bits per heavy atom. The predicted molar refractivity (Wildman–Crippen MR) is 191 cm³/mol. The maximum absolute atomic E-state index is 14.6. The standard InChI is InChI=1S/C37H46N6O6S/c1-3-39-34(45)27-49-32-16-10-12-29(24-32)25-42(28-44)36(37(46)41-22-19-38-20-23-41)35(30-13-6-4-7-14-30)40(2)31-15-11-21-43(26-31)50(47,48)33-17-8-5-9-18-33/h4-10,12-14,16-18,24,28,31,38H,3,11,15,19-23,25-27H2,1-2H3,(H,39,45)/b36-35-. The number of nitrogens with one attached hydrogen (secondary N) is 2. The SMILES string of the molecule is CCNC(=O)COc1cccc(CN(C=O)/C(C(=O)N2CCNCC2)=C(/c2ccccc2)N(C)C2CCCN(S(=O)(=O)c3ccccc3)C2)c1. The van der Waals surface area contributed by atoms with Crippen LogP contribution in [0.4, 0.5) is 0 Å². The van der Waals surface area contributed by atoms with E-state index in [9.17, 15) is 22.8 Å². The first kappa shape index (κ1) is 36.6. The van der Waals surface area contributed by atoms with Crippen LogP contribution in [0, 0.1) is 0 Å². The molecule has 2 aliphatic rings. The van der Waals surface area contributed by atoms with Crippen molar-refractivity contribution in [3.05, 3.63) is 102 Å². The lowest BCUT2D eigenvalue weighted by molar-refractivity contribution is -0.132. The zero-order chi connectivity index (χ0) is 35.5. The summed E-state index contributed by atoms with van der Waals surface area (Å²) in [6.07, 6.45) is 1.99. The van der Waals surface area contributed by atoms with Gasteiger partial charge in [0.1, 0.15) is 11.4 Å². The van der Waals surface area contributed by atoms with Gasteiger partial charge >= 0.3 is 0 Å². The van der Waals surface area contributed by atoms with Gasteiger partial charge in [-0.3, -0.25) is 14.4 Å². The Kier molecular flexibility index (Phi) is 12.6. The first-order valence-corrected chi connectivity index (χ1v) is 18.4. The minimum absolute atomic E-state index is 0.0539. The van der Waals surface area contributed by atoms with Crippen LogP contribution in [0.2, 0.25) is 0 Å². The van der Waals surface area contributed by atoms with Gasteiger partial charge in [0.2, 0.25) is 16.4 Å². The van der Waals surface area contributed by atoms with Gasteiger partial charge < -0.3 is 30.1 Å². The predicted octanol–water partition coefficient (Wildman–Crippen LogP) is 2.75. The fourth-order valence-electron chi connectivity index (χ4n) is 6.36. The number of rotatable bonds is 14. The van der Waals surface area contributed by atoms with E-state index < -0.39 is 10.0 Å². The lowest BCUT2D eigenvalue weighted by Crippen LogP contribution is -2.51. The van der Waals surface area contributed by atoms with Crippen molar-refractivity contribution in [1.82, 2.24) is 29.6 Å². The minimum Gasteiger partial charge on any atom is -0.484 e. The van der Waals surface area contributed by atoms with E-state index in [1.54, 1.807) is 53.4 Å². The largest absolute Gasteiger partial charge is 0.484 e. The van der Waals surface area contributed by atoms with E-state index in [1.165, 1.54) is 9.21 Å². The number of amides is 3. The van der Waals surface area contributed by atoms with Crippen LogP contribution in [0.5, 0.6) is 5.75 Å². The highest BCUT2D eigenvalue weighted by Crippen LogP contribution is 2.32. The number of benzene rings is 3. The number of hydrogen-bond donors (Lipinski definition) is 2. The Hall–Kier alpha value is -4.72. The van der Waals surface area contributed by atoms with Crippen LogP contribution in [0.15, 0.2) is 95.5 Å². The summed E-state index contributed by atoms with van der Waals surface area (Å²) in [5.74, 6) is -0.0777. The molecule has 0 aromatic heterocycles. The number of piperazine rings is 1. The quantitative estimate of drug-likeness (QED) is 0.194. The molecule has 1 unspecified atom stereocenters. The second-order valence-corrected chi connectivity index (χ2v) is 14.2. The van der Waals surface area contributed by atoms with E-state index in [1.807, 2.05) is 55.3 Å². The fourth-order valence-corrected chi connectivity index (χ4v) is 7.89. The summed E-state index contributed by atoms with van der Waals surface area (Å²) in [6.45, 7) is 5.01. The van der Waals surface area contributed by atoms with Crippen molar-refractivity contribution < 1.29 is 27.5 Å². The molecule has 2 heterocycles. The summed E-state index contributed by atoms with van der Waals surface area (Å²) >= 11 is 0. The Balaban J connectivity index is 1.55. The molecule has 0 radical (unpaired) electrons. The molecule has 50 heavy (non-hydrogen) atoms. The number of carbonyl (C=O) groups excluding carboxylic acids is 3. The number of piperidine rings is 1. The smallest absolute Gasteiger partial charge is 0.272 e. The molecule has 3 aromatic rings. The van der Waals surface area contributed by atoms with Crippen molar-refractivity contribution >= 4 is 33.9 Å². The van der Waals surface area contributed by atoms with Gasteiger partial charge in [-0.05, 0) is 49.6 Å². The van der Waals surface area contributed by atoms with E-state index in [0.717, 1.165) is 5.56 Å². The van der Waals surface area contributed by atoms with Crippen LogP contribution < -0.4 is 15.4 Å².